The van der Waals surface area contributed by atoms with Crippen LogP contribution in [0, 0.1) is 6.92 Å². The molecule has 16 heavy (non-hydrogen) atoms. The van der Waals surface area contributed by atoms with Crippen LogP contribution < -0.4 is 0 Å². The first-order chi connectivity index (χ1) is 7.75. The third kappa shape index (κ3) is 2.90. The zero-order chi connectivity index (χ0) is 11.4. The van der Waals surface area contributed by atoms with Gasteiger partial charge in [-0.15, -0.1) is 0 Å². The second-order valence-corrected chi connectivity index (χ2v) is 4.09. The summed E-state index contributed by atoms with van der Waals surface area (Å²) in [5.74, 6) is 0.0376. The van der Waals surface area contributed by atoms with Gasteiger partial charge in [-0.2, -0.15) is 0 Å². The summed E-state index contributed by atoms with van der Waals surface area (Å²) in [5.41, 5.74) is 1.81. The quantitative estimate of drug-likeness (QED) is 0.728. The number of Topliss-reactive ketones (excluding diaryl/α,β-unsaturated/α-hetero) is 1. The van der Waals surface area contributed by atoms with Gasteiger partial charge in [0, 0.05) is 12.2 Å². The van der Waals surface area contributed by atoms with Gasteiger partial charge in [-0.3, -0.25) is 4.79 Å². The van der Waals surface area contributed by atoms with E-state index in [4.69, 9.17) is 9.47 Å². The molecule has 2 rings (SSSR count). The standard InChI is InChI=1S/C13H16O3/c1-10-3-2-4-11(7-10)13(14)9-16-12-5-6-15-8-12/h2-4,7,12H,5-6,8-9H2,1H3. The van der Waals surface area contributed by atoms with Crippen LogP contribution in [0.3, 0.4) is 0 Å². The molecule has 86 valence electrons. The average molecular weight is 220 g/mol. The Kier molecular flexibility index (Phi) is 3.70. The van der Waals surface area contributed by atoms with Gasteiger partial charge in [0.15, 0.2) is 5.78 Å². The van der Waals surface area contributed by atoms with Crippen LogP contribution in [-0.2, 0) is 9.47 Å². The van der Waals surface area contributed by atoms with Gasteiger partial charge in [-0.1, -0.05) is 23.8 Å². The summed E-state index contributed by atoms with van der Waals surface area (Å²) in [4.78, 5) is 11.8. The number of aryl methyl sites for hydroxylation is 1. The summed E-state index contributed by atoms with van der Waals surface area (Å²) >= 11 is 0. The van der Waals surface area contributed by atoms with Gasteiger partial charge in [-0.05, 0) is 19.4 Å². The topological polar surface area (TPSA) is 35.5 Å². The largest absolute Gasteiger partial charge is 0.379 e. The van der Waals surface area contributed by atoms with Crippen molar-refractivity contribution in [3.05, 3.63) is 35.4 Å². The molecule has 0 saturated carbocycles. The van der Waals surface area contributed by atoms with E-state index < -0.39 is 0 Å². The first-order valence-electron chi connectivity index (χ1n) is 5.55. The molecule has 3 heteroatoms. The Bertz CT molecular complexity index is 367. The molecule has 1 heterocycles. The minimum atomic E-state index is 0.0376. The van der Waals surface area contributed by atoms with E-state index in [2.05, 4.69) is 0 Å². The van der Waals surface area contributed by atoms with E-state index in [0.717, 1.165) is 24.2 Å². The molecule has 0 aliphatic carbocycles. The Hall–Kier alpha value is -1.19. The van der Waals surface area contributed by atoms with E-state index >= 15 is 0 Å². The number of hydrogen-bond acceptors (Lipinski definition) is 3. The number of hydrogen-bond donors (Lipinski definition) is 0. The first kappa shape index (κ1) is 11.3. The van der Waals surface area contributed by atoms with Crippen molar-refractivity contribution in [2.45, 2.75) is 19.4 Å². The van der Waals surface area contributed by atoms with Crippen LogP contribution in [0.15, 0.2) is 24.3 Å². The minimum Gasteiger partial charge on any atom is -0.379 e. The van der Waals surface area contributed by atoms with Gasteiger partial charge in [0.25, 0.3) is 0 Å². The van der Waals surface area contributed by atoms with Crippen LogP contribution in [0.4, 0.5) is 0 Å². The maximum Gasteiger partial charge on any atom is 0.188 e. The lowest BCUT2D eigenvalue weighted by Crippen LogP contribution is -2.18. The maximum atomic E-state index is 11.8. The molecule has 1 aliphatic rings. The molecule has 0 aromatic heterocycles. The fourth-order valence-corrected chi connectivity index (χ4v) is 1.74. The Labute approximate surface area is 95.4 Å². The highest BCUT2D eigenvalue weighted by Crippen LogP contribution is 2.10. The van der Waals surface area contributed by atoms with Crippen LogP contribution in [0.5, 0.6) is 0 Å². The predicted octanol–water partition coefficient (Wildman–Crippen LogP) is 1.98. The second-order valence-electron chi connectivity index (χ2n) is 4.09. The molecule has 0 N–H and O–H groups in total. The summed E-state index contributed by atoms with van der Waals surface area (Å²) in [6.45, 7) is 3.48. The Morgan fingerprint density at radius 1 is 1.56 bits per heavy atom. The third-order valence-corrected chi connectivity index (χ3v) is 2.68. The molecular formula is C13H16O3. The highest BCUT2D eigenvalue weighted by molar-refractivity contribution is 5.97. The van der Waals surface area contributed by atoms with E-state index in [1.165, 1.54) is 0 Å². The Balaban J connectivity index is 1.87. The molecule has 0 amide bonds. The molecule has 0 bridgehead atoms. The van der Waals surface area contributed by atoms with Crippen molar-refractivity contribution in [2.24, 2.45) is 0 Å². The van der Waals surface area contributed by atoms with Crippen molar-refractivity contribution in [3.8, 4) is 0 Å². The van der Waals surface area contributed by atoms with Gasteiger partial charge < -0.3 is 9.47 Å². The summed E-state index contributed by atoms with van der Waals surface area (Å²) in [5, 5.41) is 0. The first-order valence-corrected chi connectivity index (χ1v) is 5.55. The molecule has 1 aliphatic heterocycles. The predicted molar refractivity (Wildman–Crippen MR) is 60.7 cm³/mol. The van der Waals surface area contributed by atoms with Crippen molar-refractivity contribution in [1.82, 2.24) is 0 Å². The van der Waals surface area contributed by atoms with Crippen molar-refractivity contribution < 1.29 is 14.3 Å². The van der Waals surface area contributed by atoms with Crippen LogP contribution >= 0.6 is 0 Å². The van der Waals surface area contributed by atoms with Crippen LogP contribution in [0.1, 0.15) is 22.3 Å². The van der Waals surface area contributed by atoms with Gasteiger partial charge in [0.1, 0.15) is 6.61 Å². The van der Waals surface area contributed by atoms with Crippen molar-refractivity contribution in [1.29, 1.82) is 0 Å². The van der Waals surface area contributed by atoms with Gasteiger partial charge in [0.2, 0.25) is 0 Å². The zero-order valence-corrected chi connectivity index (χ0v) is 9.44. The van der Waals surface area contributed by atoms with Crippen LogP contribution in [0.25, 0.3) is 0 Å². The van der Waals surface area contributed by atoms with Crippen molar-refractivity contribution in [3.63, 3.8) is 0 Å². The number of carbonyl (C=O) groups excluding carboxylic acids is 1. The lowest BCUT2D eigenvalue weighted by atomic mass is 10.1. The van der Waals surface area contributed by atoms with E-state index in [0.29, 0.717) is 6.61 Å². The molecule has 0 spiro atoms. The van der Waals surface area contributed by atoms with Gasteiger partial charge in [0.05, 0.1) is 12.7 Å². The molecular weight excluding hydrogens is 204 g/mol. The Morgan fingerprint density at radius 2 is 2.44 bits per heavy atom. The van der Waals surface area contributed by atoms with E-state index in [1.807, 2.05) is 31.2 Å². The van der Waals surface area contributed by atoms with Crippen LogP contribution in [-0.4, -0.2) is 31.7 Å². The molecule has 1 aromatic carbocycles. The SMILES string of the molecule is Cc1cccc(C(=O)COC2CCOC2)c1. The summed E-state index contributed by atoms with van der Waals surface area (Å²) in [6.07, 6.45) is 0.981. The zero-order valence-electron chi connectivity index (χ0n) is 9.44. The smallest absolute Gasteiger partial charge is 0.188 e. The molecule has 1 unspecified atom stereocenters. The molecule has 0 radical (unpaired) electrons. The number of ketones is 1. The minimum absolute atomic E-state index is 0.0376. The second kappa shape index (κ2) is 5.23. The van der Waals surface area contributed by atoms with E-state index in [1.54, 1.807) is 0 Å². The molecule has 1 aromatic rings. The molecule has 3 nitrogen and oxygen atoms in total. The fraction of sp³-hybridized carbons (Fsp3) is 0.462. The highest BCUT2D eigenvalue weighted by Gasteiger charge is 2.17. The fourth-order valence-electron chi connectivity index (χ4n) is 1.74. The number of rotatable bonds is 4. The third-order valence-electron chi connectivity index (χ3n) is 2.68. The number of benzene rings is 1. The molecule has 1 saturated heterocycles. The number of ether oxygens (including phenoxy) is 2. The summed E-state index contributed by atoms with van der Waals surface area (Å²) < 4.78 is 10.7. The van der Waals surface area contributed by atoms with Gasteiger partial charge >= 0.3 is 0 Å². The number of carbonyl (C=O) groups is 1. The maximum absolute atomic E-state index is 11.8. The summed E-state index contributed by atoms with van der Waals surface area (Å²) in [6, 6.07) is 7.57. The van der Waals surface area contributed by atoms with Crippen molar-refractivity contribution in [2.75, 3.05) is 19.8 Å². The van der Waals surface area contributed by atoms with Crippen molar-refractivity contribution >= 4 is 5.78 Å². The van der Waals surface area contributed by atoms with Crippen LogP contribution in [0.2, 0.25) is 0 Å². The highest BCUT2D eigenvalue weighted by atomic mass is 16.5. The van der Waals surface area contributed by atoms with E-state index in [9.17, 15) is 4.79 Å². The van der Waals surface area contributed by atoms with Gasteiger partial charge in [-0.25, -0.2) is 0 Å². The normalized spacial score (nSPS) is 19.9. The summed E-state index contributed by atoms with van der Waals surface area (Å²) in [7, 11) is 0. The lowest BCUT2D eigenvalue weighted by Gasteiger charge is -2.08. The lowest BCUT2D eigenvalue weighted by molar-refractivity contribution is 0.0390. The monoisotopic (exact) mass is 220 g/mol. The molecule has 1 fully saturated rings. The van der Waals surface area contributed by atoms with E-state index in [-0.39, 0.29) is 18.5 Å². The molecule has 1 atom stereocenters. The average Bonchev–Trinajstić information content (AvgIpc) is 2.78. The Morgan fingerprint density at radius 3 is 3.12 bits per heavy atom.